The number of fused-ring (bicyclic) bond motifs is 1. The number of carbonyl (C=O) groups is 1. The Labute approximate surface area is 175 Å². The quantitative estimate of drug-likeness (QED) is 0.507. The molecule has 4 aromatic rings. The lowest BCUT2D eigenvalue weighted by Crippen LogP contribution is -2.30. The zero-order chi connectivity index (χ0) is 22.0. The van der Waals surface area contributed by atoms with Crippen molar-refractivity contribution in [2.75, 3.05) is 6.54 Å². The number of carbonyl (C=O) groups excluding carboxylic acids is 1. The summed E-state index contributed by atoms with van der Waals surface area (Å²) >= 11 is 0. The van der Waals surface area contributed by atoms with Crippen LogP contribution in [0.4, 0.5) is 13.2 Å². The van der Waals surface area contributed by atoms with Gasteiger partial charge in [-0.3, -0.25) is 4.79 Å². The molecule has 0 saturated carbocycles. The van der Waals surface area contributed by atoms with Crippen molar-refractivity contribution in [1.29, 1.82) is 0 Å². The molecule has 0 aliphatic carbocycles. The molecule has 0 fully saturated rings. The van der Waals surface area contributed by atoms with Gasteiger partial charge in [-0.1, -0.05) is 36.4 Å². The van der Waals surface area contributed by atoms with Crippen LogP contribution in [-0.2, 0) is 6.18 Å². The van der Waals surface area contributed by atoms with Crippen LogP contribution in [0.25, 0.3) is 16.6 Å². The SMILES string of the molecule is O=C(NCC(O)c1ccccc1C(F)(F)F)c1ncccc1-n1ncc2ccccc21. The Balaban J connectivity index is 1.57. The van der Waals surface area contributed by atoms with Crippen molar-refractivity contribution in [3.05, 3.63) is 89.9 Å². The highest BCUT2D eigenvalue weighted by atomic mass is 19.4. The maximum atomic E-state index is 13.2. The summed E-state index contributed by atoms with van der Waals surface area (Å²) in [5.41, 5.74) is -0.0457. The third-order valence-electron chi connectivity index (χ3n) is 4.79. The van der Waals surface area contributed by atoms with Crippen LogP contribution in [0.3, 0.4) is 0 Å². The Morgan fingerprint density at radius 2 is 1.81 bits per heavy atom. The molecule has 2 N–H and O–H groups in total. The van der Waals surface area contributed by atoms with E-state index in [2.05, 4.69) is 15.4 Å². The molecule has 31 heavy (non-hydrogen) atoms. The summed E-state index contributed by atoms with van der Waals surface area (Å²) in [6.45, 7) is -0.415. The van der Waals surface area contributed by atoms with E-state index in [1.807, 2.05) is 24.3 Å². The Morgan fingerprint density at radius 1 is 1.06 bits per heavy atom. The molecule has 0 spiro atoms. The second kappa shape index (κ2) is 8.19. The highest BCUT2D eigenvalue weighted by molar-refractivity contribution is 5.96. The molecule has 1 unspecified atom stereocenters. The third-order valence-corrected chi connectivity index (χ3v) is 4.79. The minimum absolute atomic E-state index is 0.0349. The van der Waals surface area contributed by atoms with Crippen LogP contribution in [0, 0.1) is 0 Å². The molecule has 2 aromatic heterocycles. The largest absolute Gasteiger partial charge is 0.416 e. The average Bonchev–Trinajstić information content (AvgIpc) is 3.20. The monoisotopic (exact) mass is 426 g/mol. The number of nitrogens with zero attached hydrogens (tertiary/aromatic N) is 3. The zero-order valence-electron chi connectivity index (χ0n) is 16.0. The normalized spacial score (nSPS) is 12.6. The predicted molar refractivity (Wildman–Crippen MR) is 108 cm³/mol. The number of rotatable bonds is 5. The van der Waals surface area contributed by atoms with Gasteiger partial charge in [0, 0.05) is 18.1 Å². The summed E-state index contributed by atoms with van der Waals surface area (Å²) in [4.78, 5) is 16.9. The summed E-state index contributed by atoms with van der Waals surface area (Å²) in [6.07, 6.45) is -3.07. The Morgan fingerprint density at radius 3 is 2.61 bits per heavy atom. The molecule has 0 saturated heterocycles. The average molecular weight is 426 g/mol. The number of alkyl halides is 3. The van der Waals surface area contributed by atoms with Gasteiger partial charge in [0.05, 0.1) is 29.1 Å². The number of aliphatic hydroxyl groups excluding tert-OH is 1. The maximum absolute atomic E-state index is 13.2. The summed E-state index contributed by atoms with van der Waals surface area (Å²) in [5.74, 6) is -0.640. The highest BCUT2D eigenvalue weighted by Crippen LogP contribution is 2.34. The molecule has 0 aliphatic heterocycles. The van der Waals surface area contributed by atoms with Crippen LogP contribution in [0.1, 0.15) is 27.7 Å². The van der Waals surface area contributed by atoms with Crippen LogP contribution in [0.5, 0.6) is 0 Å². The van der Waals surface area contributed by atoms with Gasteiger partial charge in [0.25, 0.3) is 5.91 Å². The van der Waals surface area contributed by atoms with Gasteiger partial charge >= 0.3 is 6.18 Å². The first-order chi connectivity index (χ1) is 14.9. The Hall–Kier alpha value is -3.72. The van der Waals surface area contributed by atoms with E-state index in [1.54, 1.807) is 23.0 Å². The minimum atomic E-state index is -4.61. The summed E-state index contributed by atoms with van der Waals surface area (Å²) in [6, 6.07) is 15.5. The minimum Gasteiger partial charge on any atom is -0.387 e. The Kier molecular flexibility index (Phi) is 5.43. The highest BCUT2D eigenvalue weighted by Gasteiger charge is 2.34. The van der Waals surface area contributed by atoms with Crippen molar-refractivity contribution >= 4 is 16.8 Å². The van der Waals surface area contributed by atoms with Gasteiger partial charge < -0.3 is 10.4 Å². The molecule has 0 aliphatic rings. The van der Waals surface area contributed by atoms with E-state index >= 15 is 0 Å². The van der Waals surface area contributed by atoms with Gasteiger partial charge in [-0.05, 0) is 29.8 Å². The van der Waals surface area contributed by atoms with Crippen molar-refractivity contribution < 1.29 is 23.1 Å². The van der Waals surface area contributed by atoms with E-state index in [0.717, 1.165) is 17.0 Å². The van der Waals surface area contributed by atoms with Gasteiger partial charge in [-0.25, -0.2) is 9.67 Å². The van der Waals surface area contributed by atoms with E-state index < -0.39 is 30.3 Å². The van der Waals surface area contributed by atoms with Crippen molar-refractivity contribution in [2.45, 2.75) is 12.3 Å². The van der Waals surface area contributed by atoms with E-state index in [9.17, 15) is 23.1 Å². The van der Waals surface area contributed by atoms with Gasteiger partial charge in [0.2, 0.25) is 0 Å². The fourth-order valence-electron chi connectivity index (χ4n) is 3.34. The zero-order valence-corrected chi connectivity index (χ0v) is 16.0. The first-order valence-electron chi connectivity index (χ1n) is 9.37. The van der Waals surface area contributed by atoms with Crippen LogP contribution >= 0.6 is 0 Å². The molecular weight excluding hydrogens is 409 g/mol. The number of pyridine rings is 1. The topological polar surface area (TPSA) is 80.0 Å². The van der Waals surface area contributed by atoms with Gasteiger partial charge in [-0.15, -0.1) is 0 Å². The fourth-order valence-corrected chi connectivity index (χ4v) is 3.34. The smallest absolute Gasteiger partial charge is 0.387 e. The summed E-state index contributed by atoms with van der Waals surface area (Å²) in [5, 5.41) is 18.0. The van der Waals surface area contributed by atoms with Crippen molar-refractivity contribution in [3.8, 4) is 5.69 Å². The molecule has 2 aromatic carbocycles. The van der Waals surface area contributed by atoms with Gasteiger partial charge in [0.1, 0.15) is 0 Å². The first kappa shape index (κ1) is 20.5. The number of benzene rings is 2. The second-order valence-corrected chi connectivity index (χ2v) is 6.80. The molecule has 0 bridgehead atoms. The number of nitrogens with one attached hydrogen (secondary N) is 1. The lowest BCUT2D eigenvalue weighted by molar-refractivity contribution is -0.139. The number of aromatic nitrogens is 3. The van der Waals surface area contributed by atoms with E-state index in [4.69, 9.17) is 0 Å². The molecule has 1 amide bonds. The van der Waals surface area contributed by atoms with Crippen molar-refractivity contribution in [1.82, 2.24) is 20.1 Å². The van der Waals surface area contributed by atoms with Crippen molar-refractivity contribution in [2.24, 2.45) is 0 Å². The maximum Gasteiger partial charge on any atom is 0.416 e. The number of hydrogen-bond acceptors (Lipinski definition) is 4. The third kappa shape index (κ3) is 4.13. The molecule has 2 heterocycles. The first-order valence-corrected chi connectivity index (χ1v) is 9.37. The molecule has 158 valence electrons. The lowest BCUT2D eigenvalue weighted by Gasteiger charge is -2.18. The molecule has 4 rings (SSSR count). The van der Waals surface area contributed by atoms with Gasteiger partial charge in [-0.2, -0.15) is 18.3 Å². The summed E-state index contributed by atoms with van der Waals surface area (Å²) < 4.78 is 41.1. The van der Waals surface area contributed by atoms with E-state index in [1.165, 1.54) is 24.4 Å². The number of amides is 1. The molecule has 9 heteroatoms. The molecule has 0 radical (unpaired) electrons. The van der Waals surface area contributed by atoms with Gasteiger partial charge in [0.15, 0.2) is 5.69 Å². The molecule has 1 atom stereocenters. The standard InChI is InChI=1S/C22H17F3N4O2/c23-22(24,25)16-8-3-2-7-15(16)19(30)13-27-21(31)20-18(10-5-11-26-20)29-17-9-4-1-6-14(17)12-28-29/h1-12,19,30H,13H2,(H,27,31). The molecular formula is C22H17F3N4O2. The van der Waals surface area contributed by atoms with Crippen LogP contribution in [0.15, 0.2) is 73.1 Å². The Bertz CT molecular complexity index is 1240. The van der Waals surface area contributed by atoms with Crippen LogP contribution in [-0.4, -0.2) is 32.3 Å². The number of hydrogen-bond donors (Lipinski definition) is 2. The number of para-hydroxylation sites is 1. The van der Waals surface area contributed by atoms with E-state index in [0.29, 0.717) is 5.69 Å². The number of halogens is 3. The van der Waals surface area contributed by atoms with Crippen molar-refractivity contribution in [3.63, 3.8) is 0 Å². The second-order valence-electron chi connectivity index (χ2n) is 6.80. The fraction of sp³-hybridized carbons (Fsp3) is 0.136. The molecule has 6 nitrogen and oxygen atoms in total. The van der Waals surface area contributed by atoms with Crippen LogP contribution in [0.2, 0.25) is 0 Å². The lowest BCUT2D eigenvalue weighted by atomic mass is 10.0. The van der Waals surface area contributed by atoms with E-state index in [-0.39, 0.29) is 11.3 Å². The summed E-state index contributed by atoms with van der Waals surface area (Å²) in [7, 11) is 0. The number of aliphatic hydroxyl groups is 1. The predicted octanol–water partition coefficient (Wildman–Crippen LogP) is 3.90. The van der Waals surface area contributed by atoms with Crippen LogP contribution < -0.4 is 5.32 Å².